The van der Waals surface area contributed by atoms with Crippen LogP contribution >= 0.6 is 11.6 Å². The molecule has 2 amide bonds. The van der Waals surface area contributed by atoms with Gasteiger partial charge >= 0.3 is 0 Å². The van der Waals surface area contributed by atoms with Crippen molar-refractivity contribution in [2.75, 3.05) is 16.8 Å². The van der Waals surface area contributed by atoms with E-state index in [1.165, 1.54) is 19.1 Å². The highest BCUT2D eigenvalue weighted by molar-refractivity contribution is 6.32. The third kappa shape index (κ3) is 3.32. The second-order valence-corrected chi connectivity index (χ2v) is 6.05. The number of nitrogens with zero attached hydrogens (tertiary/aromatic N) is 2. The number of nitro benzene ring substituents is 1. The summed E-state index contributed by atoms with van der Waals surface area (Å²) in [7, 11) is 0. The zero-order chi connectivity index (χ0) is 18.1. The molecule has 0 bridgehead atoms. The molecule has 1 aliphatic heterocycles. The van der Waals surface area contributed by atoms with Crippen LogP contribution in [0.25, 0.3) is 0 Å². The molecule has 0 radical (unpaired) electrons. The molecule has 7 nitrogen and oxygen atoms in total. The number of anilines is 2. The van der Waals surface area contributed by atoms with Crippen molar-refractivity contribution in [3.05, 3.63) is 62.7 Å². The molecule has 1 aliphatic rings. The number of carbonyl (C=O) groups is 2. The lowest BCUT2D eigenvalue weighted by Crippen LogP contribution is -2.25. The minimum absolute atomic E-state index is 0.0241. The molecule has 0 atom stereocenters. The van der Waals surface area contributed by atoms with Crippen LogP contribution in [0.2, 0.25) is 5.02 Å². The Hall–Kier alpha value is -2.93. The summed E-state index contributed by atoms with van der Waals surface area (Å²) in [6.07, 6.45) is 0.713. The Labute approximate surface area is 148 Å². The quantitative estimate of drug-likeness (QED) is 0.671. The number of hydrogen-bond donors (Lipinski definition) is 1. The second-order valence-electron chi connectivity index (χ2n) is 5.64. The number of halogens is 1. The van der Waals surface area contributed by atoms with Crippen molar-refractivity contribution in [3.63, 3.8) is 0 Å². The summed E-state index contributed by atoms with van der Waals surface area (Å²) in [5, 5.41) is 13.6. The smallest absolute Gasteiger partial charge is 0.288 e. The van der Waals surface area contributed by atoms with Gasteiger partial charge in [-0.25, -0.2) is 0 Å². The minimum Gasteiger partial charge on any atom is -0.322 e. The first-order valence-electron chi connectivity index (χ1n) is 7.53. The number of fused-ring (bicyclic) bond motifs is 1. The van der Waals surface area contributed by atoms with Gasteiger partial charge in [-0.3, -0.25) is 19.7 Å². The van der Waals surface area contributed by atoms with Crippen LogP contribution in [-0.4, -0.2) is 23.3 Å². The highest BCUT2D eigenvalue weighted by Crippen LogP contribution is 2.31. The SMILES string of the molecule is CC(=O)N1CCc2cc(NC(=O)c3ccc(Cl)c([N+](=O)[O-])c3)ccc21. The molecule has 0 spiro atoms. The van der Waals surface area contributed by atoms with Crippen molar-refractivity contribution >= 4 is 40.5 Å². The maximum absolute atomic E-state index is 12.3. The van der Waals surface area contributed by atoms with Crippen LogP contribution in [0.5, 0.6) is 0 Å². The first-order chi connectivity index (χ1) is 11.9. The molecular formula is C17H14ClN3O4. The van der Waals surface area contributed by atoms with Gasteiger partial charge in [-0.05, 0) is 42.3 Å². The summed E-state index contributed by atoms with van der Waals surface area (Å²) in [5.41, 5.74) is 2.19. The monoisotopic (exact) mass is 359 g/mol. The van der Waals surface area contributed by atoms with Crippen LogP contribution < -0.4 is 10.2 Å². The summed E-state index contributed by atoms with van der Waals surface area (Å²) in [5.74, 6) is -0.495. The van der Waals surface area contributed by atoms with Gasteiger partial charge in [0, 0.05) is 36.5 Å². The van der Waals surface area contributed by atoms with Crippen molar-refractivity contribution in [1.82, 2.24) is 0 Å². The third-order valence-corrected chi connectivity index (χ3v) is 4.34. The summed E-state index contributed by atoms with van der Waals surface area (Å²) in [6.45, 7) is 2.13. The Kier molecular flexibility index (Phi) is 4.41. The molecule has 8 heteroatoms. The Morgan fingerprint density at radius 1 is 1.24 bits per heavy atom. The van der Waals surface area contributed by atoms with Crippen LogP contribution in [0, 0.1) is 10.1 Å². The van der Waals surface area contributed by atoms with E-state index in [0.717, 1.165) is 17.3 Å². The first kappa shape index (κ1) is 16.9. The number of nitrogens with one attached hydrogen (secondary N) is 1. The highest BCUT2D eigenvalue weighted by atomic mass is 35.5. The van der Waals surface area contributed by atoms with Crippen molar-refractivity contribution < 1.29 is 14.5 Å². The summed E-state index contributed by atoms with van der Waals surface area (Å²) >= 11 is 5.75. The molecule has 2 aromatic carbocycles. The lowest BCUT2D eigenvalue weighted by atomic mass is 10.1. The molecule has 0 aromatic heterocycles. The van der Waals surface area contributed by atoms with Crippen LogP contribution in [-0.2, 0) is 11.2 Å². The molecule has 3 rings (SSSR count). The number of carbonyl (C=O) groups excluding carboxylic acids is 2. The predicted molar refractivity (Wildman–Crippen MR) is 94.2 cm³/mol. The molecule has 0 fully saturated rings. The number of benzene rings is 2. The molecule has 2 aromatic rings. The van der Waals surface area contributed by atoms with E-state index in [9.17, 15) is 19.7 Å². The number of rotatable bonds is 3. The molecule has 0 saturated heterocycles. The molecule has 0 saturated carbocycles. The van der Waals surface area contributed by atoms with Crippen LogP contribution in [0.15, 0.2) is 36.4 Å². The van der Waals surface area contributed by atoms with Gasteiger partial charge < -0.3 is 10.2 Å². The molecular weight excluding hydrogens is 346 g/mol. The number of amides is 2. The molecule has 0 unspecified atom stereocenters. The molecule has 0 aliphatic carbocycles. The molecule has 1 N–H and O–H groups in total. The third-order valence-electron chi connectivity index (χ3n) is 4.02. The Bertz CT molecular complexity index is 897. The maximum Gasteiger partial charge on any atom is 0.288 e. The van der Waals surface area contributed by atoms with E-state index in [1.54, 1.807) is 23.1 Å². The van der Waals surface area contributed by atoms with Gasteiger partial charge in [0.25, 0.3) is 11.6 Å². The Morgan fingerprint density at radius 2 is 2.00 bits per heavy atom. The van der Waals surface area contributed by atoms with Crippen LogP contribution in [0.3, 0.4) is 0 Å². The van der Waals surface area contributed by atoms with Crippen molar-refractivity contribution in [3.8, 4) is 0 Å². The second kappa shape index (κ2) is 6.52. The van der Waals surface area contributed by atoms with E-state index in [4.69, 9.17) is 11.6 Å². The Balaban J connectivity index is 1.82. The van der Waals surface area contributed by atoms with Crippen LogP contribution in [0.1, 0.15) is 22.8 Å². The van der Waals surface area contributed by atoms with Crippen molar-refractivity contribution in [2.45, 2.75) is 13.3 Å². The van der Waals surface area contributed by atoms with Gasteiger partial charge in [0.15, 0.2) is 0 Å². The summed E-state index contributed by atoms with van der Waals surface area (Å²) < 4.78 is 0. The van der Waals surface area contributed by atoms with Gasteiger partial charge in [0.05, 0.1) is 4.92 Å². The number of hydrogen-bond acceptors (Lipinski definition) is 4. The zero-order valence-electron chi connectivity index (χ0n) is 13.3. The van der Waals surface area contributed by atoms with Crippen molar-refractivity contribution in [1.29, 1.82) is 0 Å². The normalized spacial score (nSPS) is 12.6. The summed E-state index contributed by atoms with van der Waals surface area (Å²) in [4.78, 5) is 35.9. The standard InChI is InChI=1S/C17H14ClN3O4/c1-10(22)20-7-6-11-8-13(3-5-15(11)20)19-17(23)12-2-4-14(18)16(9-12)21(24)25/h2-5,8-9H,6-7H2,1H3,(H,19,23). The van der Waals surface area contributed by atoms with E-state index >= 15 is 0 Å². The van der Waals surface area contributed by atoms with Gasteiger partial charge in [0.1, 0.15) is 5.02 Å². The molecule has 1 heterocycles. The van der Waals surface area contributed by atoms with E-state index in [2.05, 4.69) is 5.32 Å². The predicted octanol–water partition coefficient (Wildman–Crippen LogP) is 3.41. The van der Waals surface area contributed by atoms with Gasteiger partial charge in [-0.2, -0.15) is 0 Å². The lowest BCUT2D eigenvalue weighted by Gasteiger charge is -2.15. The number of nitro groups is 1. The highest BCUT2D eigenvalue weighted by Gasteiger charge is 2.22. The lowest BCUT2D eigenvalue weighted by molar-refractivity contribution is -0.384. The Morgan fingerprint density at radius 3 is 2.68 bits per heavy atom. The maximum atomic E-state index is 12.3. The molecule has 25 heavy (non-hydrogen) atoms. The van der Waals surface area contributed by atoms with Gasteiger partial charge in [-0.1, -0.05) is 11.6 Å². The van der Waals surface area contributed by atoms with E-state index in [1.807, 2.05) is 0 Å². The van der Waals surface area contributed by atoms with Gasteiger partial charge in [0.2, 0.25) is 5.91 Å². The average Bonchev–Trinajstić information content (AvgIpc) is 2.98. The fraction of sp³-hybridized carbons (Fsp3) is 0.176. The fourth-order valence-corrected chi connectivity index (χ4v) is 2.99. The van der Waals surface area contributed by atoms with Crippen molar-refractivity contribution in [2.24, 2.45) is 0 Å². The van der Waals surface area contributed by atoms with E-state index < -0.39 is 10.8 Å². The first-order valence-corrected chi connectivity index (χ1v) is 7.91. The minimum atomic E-state index is -0.634. The van der Waals surface area contributed by atoms with Crippen LogP contribution in [0.4, 0.5) is 17.1 Å². The van der Waals surface area contributed by atoms with Gasteiger partial charge in [-0.15, -0.1) is 0 Å². The topological polar surface area (TPSA) is 92.6 Å². The average molecular weight is 360 g/mol. The molecule has 128 valence electrons. The zero-order valence-corrected chi connectivity index (χ0v) is 14.0. The largest absolute Gasteiger partial charge is 0.322 e. The fourth-order valence-electron chi connectivity index (χ4n) is 2.80. The summed E-state index contributed by atoms with van der Waals surface area (Å²) in [6, 6.07) is 9.17. The van der Waals surface area contributed by atoms with E-state index in [0.29, 0.717) is 18.7 Å². The van der Waals surface area contributed by atoms with E-state index in [-0.39, 0.29) is 22.2 Å².